The Kier molecular flexibility index (Phi) is 4.03. The van der Waals surface area contributed by atoms with Gasteiger partial charge >= 0.3 is 0 Å². The number of rotatable bonds is 3. The van der Waals surface area contributed by atoms with Gasteiger partial charge in [-0.2, -0.15) is 0 Å². The minimum atomic E-state index is -0.297. The predicted molar refractivity (Wildman–Crippen MR) is 73.0 cm³/mol. The van der Waals surface area contributed by atoms with Gasteiger partial charge in [0.05, 0.1) is 0 Å². The molecule has 0 bridgehead atoms. The molecule has 0 aliphatic carbocycles. The number of pyridine rings is 1. The first-order valence-corrected chi connectivity index (χ1v) is 5.80. The summed E-state index contributed by atoms with van der Waals surface area (Å²) >= 11 is 0. The van der Waals surface area contributed by atoms with Crippen molar-refractivity contribution in [3.63, 3.8) is 0 Å². The van der Waals surface area contributed by atoms with Crippen LogP contribution in [0.2, 0.25) is 0 Å². The molecule has 0 aliphatic rings. The van der Waals surface area contributed by atoms with E-state index >= 15 is 0 Å². The summed E-state index contributed by atoms with van der Waals surface area (Å²) < 4.78 is 12.7. The van der Waals surface area contributed by atoms with Gasteiger partial charge in [-0.3, -0.25) is 9.78 Å². The molecule has 1 amide bonds. The second-order valence-electron chi connectivity index (χ2n) is 4.06. The van der Waals surface area contributed by atoms with Gasteiger partial charge in [-0.15, -0.1) is 0 Å². The van der Waals surface area contributed by atoms with Crippen LogP contribution in [0.5, 0.6) is 0 Å². The maximum absolute atomic E-state index is 12.7. The fourth-order valence-electron chi connectivity index (χ4n) is 1.53. The number of nitrogens with zero attached hydrogens (tertiary/aromatic N) is 1. The molecule has 0 saturated heterocycles. The third kappa shape index (κ3) is 3.74. The lowest BCUT2D eigenvalue weighted by atomic mass is 10.2. The number of amides is 1. The summed E-state index contributed by atoms with van der Waals surface area (Å²) in [5.41, 5.74) is 2.39. The number of aryl methyl sites for hydroxylation is 1. The third-order valence-electron chi connectivity index (χ3n) is 2.58. The Hall–Kier alpha value is -2.49. The van der Waals surface area contributed by atoms with Crippen molar-refractivity contribution in [2.24, 2.45) is 0 Å². The Bertz CT molecular complexity index is 606. The van der Waals surface area contributed by atoms with Crippen molar-refractivity contribution in [3.8, 4) is 0 Å². The van der Waals surface area contributed by atoms with Gasteiger partial charge < -0.3 is 5.32 Å². The highest BCUT2D eigenvalue weighted by atomic mass is 19.1. The van der Waals surface area contributed by atoms with Gasteiger partial charge in [0.25, 0.3) is 0 Å². The highest BCUT2D eigenvalue weighted by Gasteiger charge is 2.00. The van der Waals surface area contributed by atoms with Gasteiger partial charge in [0.15, 0.2) is 0 Å². The van der Waals surface area contributed by atoms with Crippen LogP contribution in [0.3, 0.4) is 0 Å². The van der Waals surface area contributed by atoms with Crippen molar-refractivity contribution in [2.75, 3.05) is 5.32 Å². The van der Waals surface area contributed by atoms with E-state index in [-0.39, 0.29) is 11.7 Å². The van der Waals surface area contributed by atoms with E-state index in [0.717, 1.165) is 16.8 Å². The molecule has 0 radical (unpaired) electrons. The molecule has 0 aliphatic heterocycles. The Morgan fingerprint density at radius 2 is 2.00 bits per heavy atom. The molecule has 96 valence electrons. The number of benzene rings is 1. The number of halogens is 1. The lowest BCUT2D eigenvalue weighted by Gasteiger charge is -2.04. The van der Waals surface area contributed by atoms with Crippen molar-refractivity contribution >= 4 is 17.7 Å². The number of carbonyl (C=O) groups excluding carboxylic acids is 1. The molecule has 0 atom stereocenters. The number of nitrogens with one attached hydrogen (secondary N) is 1. The Morgan fingerprint density at radius 3 is 2.68 bits per heavy atom. The fraction of sp³-hybridized carbons (Fsp3) is 0.0667. The largest absolute Gasteiger partial charge is 0.322 e. The number of aromatic nitrogens is 1. The van der Waals surface area contributed by atoms with Crippen LogP contribution in [0.1, 0.15) is 11.1 Å². The van der Waals surface area contributed by atoms with E-state index in [0.29, 0.717) is 0 Å². The number of carbonyl (C=O) groups is 1. The summed E-state index contributed by atoms with van der Waals surface area (Å²) in [6, 6.07) is 7.65. The van der Waals surface area contributed by atoms with E-state index in [4.69, 9.17) is 0 Å². The highest BCUT2D eigenvalue weighted by molar-refractivity contribution is 6.02. The van der Waals surface area contributed by atoms with Gasteiger partial charge in [0.1, 0.15) is 5.82 Å². The first-order valence-electron chi connectivity index (χ1n) is 5.80. The van der Waals surface area contributed by atoms with Gasteiger partial charge in [-0.1, -0.05) is 12.1 Å². The van der Waals surface area contributed by atoms with Crippen molar-refractivity contribution in [3.05, 3.63) is 65.7 Å². The smallest absolute Gasteiger partial charge is 0.248 e. The summed E-state index contributed by atoms with van der Waals surface area (Å²) in [5, 5.41) is 2.75. The molecule has 4 heteroatoms. The SMILES string of the molecule is Cc1cnccc1NC(=O)/C=C/c1ccc(F)cc1. The molecule has 1 aromatic heterocycles. The van der Waals surface area contributed by atoms with Gasteiger partial charge in [0, 0.05) is 24.2 Å². The van der Waals surface area contributed by atoms with E-state index in [2.05, 4.69) is 10.3 Å². The van der Waals surface area contributed by atoms with Crippen molar-refractivity contribution < 1.29 is 9.18 Å². The molecule has 0 saturated carbocycles. The first-order chi connectivity index (χ1) is 9.15. The van der Waals surface area contributed by atoms with Crippen LogP contribution >= 0.6 is 0 Å². The average Bonchev–Trinajstić information content (AvgIpc) is 2.41. The maximum Gasteiger partial charge on any atom is 0.248 e. The van der Waals surface area contributed by atoms with Crippen molar-refractivity contribution in [2.45, 2.75) is 6.92 Å². The van der Waals surface area contributed by atoms with E-state index in [1.165, 1.54) is 18.2 Å². The van der Waals surface area contributed by atoms with E-state index in [1.807, 2.05) is 6.92 Å². The molecule has 1 N–H and O–H groups in total. The normalized spacial score (nSPS) is 10.6. The summed E-state index contributed by atoms with van der Waals surface area (Å²) in [5.74, 6) is -0.535. The van der Waals surface area contributed by atoms with Crippen LogP contribution in [-0.2, 0) is 4.79 Å². The molecule has 1 aromatic carbocycles. The molecular weight excluding hydrogens is 243 g/mol. The zero-order valence-corrected chi connectivity index (χ0v) is 10.4. The van der Waals surface area contributed by atoms with Crippen LogP contribution in [-0.4, -0.2) is 10.9 Å². The van der Waals surface area contributed by atoms with E-state index in [9.17, 15) is 9.18 Å². The summed E-state index contributed by atoms with van der Waals surface area (Å²) in [7, 11) is 0. The van der Waals surface area contributed by atoms with Crippen molar-refractivity contribution in [1.82, 2.24) is 4.98 Å². The zero-order valence-electron chi connectivity index (χ0n) is 10.4. The van der Waals surface area contributed by atoms with Crippen LogP contribution in [0.25, 0.3) is 6.08 Å². The minimum absolute atomic E-state index is 0.237. The summed E-state index contributed by atoms with van der Waals surface area (Å²) in [6.07, 6.45) is 6.34. The Morgan fingerprint density at radius 1 is 1.26 bits per heavy atom. The van der Waals surface area contributed by atoms with Crippen LogP contribution < -0.4 is 5.32 Å². The molecular formula is C15H13FN2O. The number of anilines is 1. The van der Waals surface area contributed by atoms with Gasteiger partial charge in [-0.05, 0) is 42.3 Å². The molecule has 0 spiro atoms. The molecule has 0 unspecified atom stereocenters. The van der Waals surface area contributed by atoms with Crippen molar-refractivity contribution in [1.29, 1.82) is 0 Å². The van der Waals surface area contributed by atoms with Crippen LogP contribution in [0.15, 0.2) is 48.8 Å². The topological polar surface area (TPSA) is 42.0 Å². The monoisotopic (exact) mass is 256 g/mol. The summed E-state index contributed by atoms with van der Waals surface area (Å²) in [4.78, 5) is 15.7. The predicted octanol–water partition coefficient (Wildman–Crippen LogP) is 3.18. The Labute approximate surface area is 110 Å². The standard InChI is InChI=1S/C15H13FN2O/c1-11-10-17-9-8-14(11)18-15(19)7-4-12-2-5-13(16)6-3-12/h2-10H,1H3,(H,17,18,19)/b7-4+. The lowest BCUT2D eigenvalue weighted by Crippen LogP contribution is -2.08. The average molecular weight is 256 g/mol. The van der Waals surface area contributed by atoms with E-state index in [1.54, 1.807) is 36.7 Å². The van der Waals surface area contributed by atoms with Gasteiger partial charge in [-0.25, -0.2) is 4.39 Å². The minimum Gasteiger partial charge on any atom is -0.322 e. The molecule has 19 heavy (non-hydrogen) atoms. The molecule has 0 fully saturated rings. The quantitative estimate of drug-likeness (QED) is 0.857. The number of hydrogen-bond donors (Lipinski definition) is 1. The Balaban J connectivity index is 2.02. The second kappa shape index (κ2) is 5.91. The second-order valence-corrected chi connectivity index (χ2v) is 4.06. The molecule has 3 nitrogen and oxygen atoms in total. The molecule has 2 rings (SSSR count). The van der Waals surface area contributed by atoms with Gasteiger partial charge in [0.2, 0.25) is 5.91 Å². The third-order valence-corrected chi connectivity index (χ3v) is 2.58. The molecule has 1 heterocycles. The highest BCUT2D eigenvalue weighted by Crippen LogP contribution is 2.11. The number of hydrogen-bond acceptors (Lipinski definition) is 2. The summed E-state index contributed by atoms with van der Waals surface area (Å²) in [6.45, 7) is 1.87. The zero-order chi connectivity index (χ0) is 13.7. The van der Waals surface area contributed by atoms with E-state index < -0.39 is 0 Å². The van der Waals surface area contributed by atoms with Crippen LogP contribution in [0, 0.1) is 12.7 Å². The van der Waals surface area contributed by atoms with Crippen LogP contribution in [0.4, 0.5) is 10.1 Å². The fourth-order valence-corrected chi connectivity index (χ4v) is 1.53. The first kappa shape index (κ1) is 13.0. The lowest BCUT2D eigenvalue weighted by molar-refractivity contribution is -0.111. The molecule has 2 aromatic rings. The maximum atomic E-state index is 12.7.